The van der Waals surface area contributed by atoms with Gasteiger partial charge >= 0.3 is 5.97 Å². The lowest BCUT2D eigenvalue weighted by atomic mass is 10.0. The summed E-state index contributed by atoms with van der Waals surface area (Å²) in [5.74, 6) is -1.34. The van der Waals surface area contributed by atoms with Crippen LogP contribution in [0.25, 0.3) is 0 Å². The molecule has 0 radical (unpaired) electrons. The Morgan fingerprint density at radius 1 is 1.42 bits per heavy atom. The first-order valence-electron chi connectivity index (χ1n) is 5.38. The van der Waals surface area contributed by atoms with E-state index in [9.17, 15) is 23.4 Å². The van der Waals surface area contributed by atoms with E-state index in [4.69, 9.17) is 5.11 Å². The summed E-state index contributed by atoms with van der Waals surface area (Å²) >= 11 is 0.790. The highest BCUT2D eigenvalue weighted by Crippen LogP contribution is 2.24. The summed E-state index contributed by atoms with van der Waals surface area (Å²) in [6, 6.07) is 1.17. The molecular formula is C10H15NO6S2. The van der Waals surface area contributed by atoms with E-state index in [0.717, 1.165) is 11.3 Å². The number of rotatable bonds is 7. The van der Waals surface area contributed by atoms with E-state index in [1.807, 2.05) is 0 Å². The molecule has 0 aromatic carbocycles. The van der Waals surface area contributed by atoms with Gasteiger partial charge in [0.05, 0.1) is 18.8 Å². The third-order valence-electron chi connectivity index (χ3n) is 2.75. The number of aliphatic hydroxyl groups is 2. The van der Waals surface area contributed by atoms with Crippen LogP contribution in [0.2, 0.25) is 0 Å². The minimum Gasteiger partial charge on any atom is -0.477 e. The van der Waals surface area contributed by atoms with Crippen LogP contribution in [0.1, 0.15) is 23.0 Å². The van der Waals surface area contributed by atoms with Crippen molar-refractivity contribution in [2.45, 2.75) is 23.8 Å². The second-order valence-corrected chi connectivity index (χ2v) is 6.54. The van der Waals surface area contributed by atoms with E-state index in [1.54, 1.807) is 6.92 Å². The monoisotopic (exact) mass is 309 g/mol. The van der Waals surface area contributed by atoms with Gasteiger partial charge in [-0.05, 0) is 17.9 Å². The van der Waals surface area contributed by atoms with Crippen LogP contribution in [0.5, 0.6) is 0 Å². The Bertz CT molecular complexity index is 538. The van der Waals surface area contributed by atoms with Crippen LogP contribution < -0.4 is 4.72 Å². The molecule has 0 aliphatic heterocycles. The molecule has 19 heavy (non-hydrogen) atoms. The lowest BCUT2D eigenvalue weighted by molar-refractivity contribution is 0.0698. The van der Waals surface area contributed by atoms with Crippen LogP contribution in [0.4, 0.5) is 0 Å². The normalized spacial score (nSPS) is 12.6. The molecule has 0 saturated heterocycles. The second kappa shape index (κ2) is 5.97. The standard InChI is InChI=1S/C10H15NO6S2/c1-2-10(5-12,6-13)11-19(16,17)7-3-4-18-8(7)9(14)15/h3-4,11-13H,2,5-6H2,1H3,(H,14,15). The number of aromatic carboxylic acids is 1. The van der Waals surface area contributed by atoms with Gasteiger partial charge < -0.3 is 15.3 Å². The first-order valence-corrected chi connectivity index (χ1v) is 7.74. The molecule has 0 spiro atoms. The van der Waals surface area contributed by atoms with Gasteiger partial charge in [-0.15, -0.1) is 11.3 Å². The van der Waals surface area contributed by atoms with Crippen molar-refractivity contribution in [1.82, 2.24) is 4.72 Å². The van der Waals surface area contributed by atoms with E-state index < -0.39 is 34.7 Å². The molecule has 1 aromatic rings. The highest BCUT2D eigenvalue weighted by atomic mass is 32.2. The number of aliphatic hydroxyl groups excluding tert-OH is 2. The quantitative estimate of drug-likeness (QED) is 0.555. The van der Waals surface area contributed by atoms with E-state index in [2.05, 4.69) is 4.72 Å². The van der Waals surface area contributed by atoms with Crippen LogP contribution in [-0.2, 0) is 10.0 Å². The van der Waals surface area contributed by atoms with E-state index >= 15 is 0 Å². The Kier molecular flexibility index (Phi) is 5.04. The minimum absolute atomic E-state index is 0.159. The Morgan fingerprint density at radius 2 is 2.00 bits per heavy atom. The van der Waals surface area contributed by atoms with Crippen molar-refractivity contribution in [2.75, 3.05) is 13.2 Å². The summed E-state index contributed by atoms with van der Waals surface area (Å²) in [5.41, 5.74) is -1.41. The zero-order valence-electron chi connectivity index (χ0n) is 10.2. The predicted molar refractivity (Wildman–Crippen MR) is 68.8 cm³/mol. The number of thiophene rings is 1. The fourth-order valence-electron chi connectivity index (χ4n) is 1.42. The van der Waals surface area contributed by atoms with Crippen molar-refractivity contribution < 1.29 is 28.5 Å². The summed E-state index contributed by atoms with van der Waals surface area (Å²) in [6.45, 7) is 0.415. The molecule has 1 heterocycles. The van der Waals surface area contributed by atoms with Crippen LogP contribution >= 0.6 is 11.3 Å². The van der Waals surface area contributed by atoms with E-state index in [1.165, 1.54) is 11.4 Å². The van der Waals surface area contributed by atoms with Crippen molar-refractivity contribution in [2.24, 2.45) is 0 Å². The van der Waals surface area contributed by atoms with E-state index in [-0.39, 0.29) is 16.2 Å². The summed E-state index contributed by atoms with van der Waals surface area (Å²) in [7, 11) is -4.13. The highest BCUT2D eigenvalue weighted by Gasteiger charge is 2.34. The molecule has 4 N–H and O–H groups in total. The molecule has 1 aromatic heterocycles. The minimum atomic E-state index is -4.13. The van der Waals surface area contributed by atoms with Crippen molar-refractivity contribution >= 4 is 27.3 Å². The molecule has 108 valence electrons. The van der Waals surface area contributed by atoms with Crippen LogP contribution in [0, 0.1) is 0 Å². The predicted octanol–water partition coefficient (Wildman–Crippen LogP) is -0.142. The summed E-state index contributed by atoms with van der Waals surface area (Å²) in [6.07, 6.45) is 0.159. The van der Waals surface area contributed by atoms with Crippen molar-refractivity contribution in [3.63, 3.8) is 0 Å². The largest absolute Gasteiger partial charge is 0.477 e. The van der Waals surface area contributed by atoms with Crippen molar-refractivity contribution in [1.29, 1.82) is 0 Å². The Hall–Kier alpha value is -1.00. The van der Waals surface area contributed by atoms with Crippen molar-refractivity contribution in [3.05, 3.63) is 16.3 Å². The molecule has 0 fully saturated rings. The van der Waals surface area contributed by atoms with Gasteiger partial charge in [-0.25, -0.2) is 17.9 Å². The van der Waals surface area contributed by atoms with Gasteiger partial charge in [0.25, 0.3) is 0 Å². The average molecular weight is 309 g/mol. The number of hydrogen-bond donors (Lipinski definition) is 4. The number of nitrogens with one attached hydrogen (secondary N) is 1. The number of hydrogen-bond acceptors (Lipinski definition) is 6. The zero-order valence-corrected chi connectivity index (χ0v) is 11.8. The molecule has 0 saturated carbocycles. The van der Waals surface area contributed by atoms with Gasteiger partial charge in [0.2, 0.25) is 10.0 Å². The maximum Gasteiger partial charge on any atom is 0.347 e. The lowest BCUT2D eigenvalue weighted by Crippen LogP contribution is -2.53. The smallest absolute Gasteiger partial charge is 0.347 e. The summed E-state index contributed by atoms with van der Waals surface area (Å²) < 4.78 is 26.4. The number of carboxylic acid groups (broad SMARTS) is 1. The number of carbonyl (C=O) groups is 1. The van der Waals surface area contributed by atoms with Gasteiger partial charge in [0, 0.05) is 0 Å². The van der Waals surface area contributed by atoms with E-state index in [0.29, 0.717) is 0 Å². The fourth-order valence-corrected chi connectivity index (χ4v) is 4.13. The molecule has 0 amide bonds. The highest BCUT2D eigenvalue weighted by molar-refractivity contribution is 7.89. The van der Waals surface area contributed by atoms with Crippen LogP contribution in [0.3, 0.4) is 0 Å². The van der Waals surface area contributed by atoms with Gasteiger partial charge in [-0.1, -0.05) is 6.92 Å². The number of sulfonamides is 1. The zero-order chi connectivity index (χ0) is 14.7. The van der Waals surface area contributed by atoms with Crippen LogP contribution in [-0.4, -0.2) is 48.5 Å². The van der Waals surface area contributed by atoms with Crippen molar-refractivity contribution in [3.8, 4) is 0 Å². The molecule has 9 heteroatoms. The first-order chi connectivity index (χ1) is 8.82. The summed E-state index contributed by atoms with van der Waals surface area (Å²) in [4.78, 5) is 10.2. The fraction of sp³-hybridized carbons (Fsp3) is 0.500. The van der Waals surface area contributed by atoms with Gasteiger partial charge in [0.1, 0.15) is 9.77 Å². The maximum absolute atomic E-state index is 12.1. The topological polar surface area (TPSA) is 124 Å². The van der Waals surface area contributed by atoms with Crippen LogP contribution in [0.15, 0.2) is 16.3 Å². The third kappa shape index (κ3) is 3.31. The lowest BCUT2D eigenvalue weighted by Gasteiger charge is -2.29. The molecule has 0 bridgehead atoms. The summed E-state index contributed by atoms with van der Waals surface area (Å²) in [5, 5.41) is 28.7. The Balaban J connectivity index is 3.18. The van der Waals surface area contributed by atoms with Gasteiger partial charge in [0.15, 0.2) is 0 Å². The molecule has 0 aliphatic carbocycles. The molecule has 1 rings (SSSR count). The SMILES string of the molecule is CCC(CO)(CO)NS(=O)(=O)c1ccsc1C(=O)O. The maximum atomic E-state index is 12.1. The third-order valence-corrected chi connectivity index (χ3v) is 5.40. The molecule has 0 atom stereocenters. The Labute approximate surface area is 114 Å². The van der Waals surface area contributed by atoms with Gasteiger partial charge in [-0.2, -0.15) is 0 Å². The molecular weight excluding hydrogens is 294 g/mol. The molecule has 0 aliphatic rings. The second-order valence-electron chi connectivity index (χ2n) is 3.97. The van der Waals surface area contributed by atoms with Gasteiger partial charge in [-0.3, -0.25) is 0 Å². The average Bonchev–Trinajstić information content (AvgIpc) is 2.86. The molecule has 7 nitrogen and oxygen atoms in total. The Morgan fingerprint density at radius 3 is 2.42 bits per heavy atom. The molecule has 0 unspecified atom stereocenters. The first kappa shape index (κ1) is 16.1. The number of carboxylic acids is 1.